The van der Waals surface area contributed by atoms with E-state index in [2.05, 4.69) is 41.6 Å². The molecule has 0 fully saturated rings. The summed E-state index contributed by atoms with van der Waals surface area (Å²) in [6.45, 7) is 2.10. The fourth-order valence-corrected chi connectivity index (χ4v) is 3.61. The maximum absolute atomic E-state index is 6.08. The van der Waals surface area contributed by atoms with Gasteiger partial charge in [0.1, 0.15) is 10.8 Å². The number of hydrogen-bond acceptors (Lipinski definition) is 4. The monoisotopic (exact) mass is 361 g/mol. The van der Waals surface area contributed by atoms with E-state index in [1.165, 1.54) is 0 Å². The van der Waals surface area contributed by atoms with E-state index in [0.717, 1.165) is 34.0 Å². The van der Waals surface area contributed by atoms with Crippen molar-refractivity contribution >= 4 is 11.3 Å². The van der Waals surface area contributed by atoms with E-state index in [1.807, 2.05) is 41.1 Å². The molecule has 2 heterocycles. The Morgan fingerprint density at radius 1 is 1.04 bits per heavy atom. The molecule has 0 radical (unpaired) electrons. The predicted octanol–water partition coefficient (Wildman–Crippen LogP) is 5.66. The highest BCUT2D eigenvalue weighted by Crippen LogP contribution is 2.30. The van der Waals surface area contributed by atoms with Gasteiger partial charge in [-0.15, -0.1) is 11.3 Å². The van der Waals surface area contributed by atoms with Crippen LogP contribution in [0.2, 0.25) is 0 Å². The van der Waals surface area contributed by atoms with Crippen molar-refractivity contribution in [2.45, 2.75) is 19.6 Å². The fraction of sp³-hybridized carbons (Fsp3) is 0.143. The zero-order chi connectivity index (χ0) is 17.8. The van der Waals surface area contributed by atoms with Gasteiger partial charge in [0.25, 0.3) is 0 Å². The molecule has 0 aliphatic carbocycles. The molecule has 0 saturated carbocycles. The minimum Gasteiger partial charge on any atom is -0.470 e. The van der Waals surface area contributed by atoms with Crippen LogP contribution in [0.1, 0.15) is 19.6 Å². The summed E-state index contributed by atoms with van der Waals surface area (Å²) in [4.78, 5) is 8.85. The first-order chi connectivity index (χ1) is 12.8. The summed E-state index contributed by atoms with van der Waals surface area (Å²) < 4.78 is 8.05. The Morgan fingerprint density at radius 2 is 1.85 bits per heavy atom. The second-order valence-electron chi connectivity index (χ2n) is 5.92. The number of thiazole rings is 1. The van der Waals surface area contributed by atoms with Crippen LogP contribution in [0.15, 0.2) is 78.7 Å². The molecule has 0 aliphatic heterocycles. The zero-order valence-electron chi connectivity index (χ0n) is 14.4. The van der Waals surface area contributed by atoms with Gasteiger partial charge in [0, 0.05) is 35.3 Å². The van der Waals surface area contributed by atoms with Gasteiger partial charge in [-0.1, -0.05) is 37.3 Å². The number of nitrogens with zero attached hydrogens (tertiary/aromatic N) is 3. The molecule has 4 rings (SSSR count). The molecular formula is C21H19N3OS. The van der Waals surface area contributed by atoms with Crippen molar-refractivity contribution in [3.8, 4) is 27.6 Å². The summed E-state index contributed by atoms with van der Waals surface area (Å²) in [5.74, 6) is 0.841. The summed E-state index contributed by atoms with van der Waals surface area (Å²) in [5.41, 5.74) is 3.23. The average Bonchev–Trinajstić information content (AvgIpc) is 3.39. The van der Waals surface area contributed by atoms with Crippen LogP contribution in [0.3, 0.4) is 0 Å². The molecular weight excluding hydrogens is 342 g/mol. The molecule has 4 nitrogen and oxygen atoms in total. The van der Waals surface area contributed by atoms with Gasteiger partial charge in [-0.3, -0.25) is 0 Å². The van der Waals surface area contributed by atoms with Crippen LogP contribution in [0.25, 0.3) is 21.8 Å². The second-order valence-corrected chi connectivity index (χ2v) is 6.78. The minimum atomic E-state index is -0.0488. The zero-order valence-corrected chi connectivity index (χ0v) is 15.3. The third kappa shape index (κ3) is 3.53. The van der Waals surface area contributed by atoms with Gasteiger partial charge in [-0.2, -0.15) is 0 Å². The number of rotatable bonds is 6. The Bertz CT molecular complexity index is 947. The van der Waals surface area contributed by atoms with Crippen LogP contribution in [-0.4, -0.2) is 14.5 Å². The molecule has 2 aromatic heterocycles. The lowest BCUT2D eigenvalue weighted by atomic mass is 10.1. The van der Waals surface area contributed by atoms with Crippen LogP contribution in [0.5, 0.6) is 5.75 Å². The van der Waals surface area contributed by atoms with Crippen molar-refractivity contribution in [1.82, 2.24) is 14.5 Å². The number of aromatic nitrogens is 3. The van der Waals surface area contributed by atoms with E-state index >= 15 is 0 Å². The Kier molecular flexibility index (Phi) is 4.80. The SMILES string of the molecule is CCC(Oc1ccc(-c2csc(-c3ccccc3)n2)cc1)n1ccnc1. The quantitative estimate of drug-likeness (QED) is 0.445. The van der Waals surface area contributed by atoms with Crippen molar-refractivity contribution in [2.75, 3.05) is 0 Å². The van der Waals surface area contributed by atoms with E-state index in [0.29, 0.717) is 0 Å². The highest BCUT2D eigenvalue weighted by molar-refractivity contribution is 7.13. The van der Waals surface area contributed by atoms with E-state index in [4.69, 9.17) is 9.72 Å². The smallest absolute Gasteiger partial charge is 0.176 e. The van der Waals surface area contributed by atoms with Crippen molar-refractivity contribution in [3.05, 3.63) is 78.7 Å². The summed E-state index contributed by atoms with van der Waals surface area (Å²) in [5, 5.41) is 3.13. The van der Waals surface area contributed by atoms with Gasteiger partial charge in [-0.25, -0.2) is 9.97 Å². The molecule has 26 heavy (non-hydrogen) atoms. The lowest BCUT2D eigenvalue weighted by Gasteiger charge is -2.18. The first-order valence-electron chi connectivity index (χ1n) is 8.59. The van der Waals surface area contributed by atoms with Crippen molar-refractivity contribution < 1.29 is 4.74 Å². The lowest BCUT2D eigenvalue weighted by Crippen LogP contribution is -2.13. The third-order valence-corrected chi connectivity index (χ3v) is 5.05. The van der Waals surface area contributed by atoms with E-state index in [-0.39, 0.29) is 6.23 Å². The number of ether oxygens (including phenoxy) is 1. The predicted molar refractivity (Wildman–Crippen MR) is 105 cm³/mol. The molecule has 0 saturated heterocycles. The fourth-order valence-electron chi connectivity index (χ4n) is 2.78. The molecule has 0 bridgehead atoms. The molecule has 1 atom stereocenters. The Labute approximate surface area is 156 Å². The summed E-state index contributed by atoms with van der Waals surface area (Å²) in [6, 6.07) is 18.4. The summed E-state index contributed by atoms with van der Waals surface area (Å²) in [7, 11) is 0. The Hall–Kier alpha value is -2.92. The van der Waals surface area contributed by atoms with Crippen molar-refractivity contribution in [3.63, 3.8) is 0 Å². The van der Waals surface area contributed by atoms with Crippen LogP contribution >= 0.6 is 11.3 Å². The van der Waals surface area contributed by atoms with Gasteiger partial charge < -0.3 is 9.30 Å². The maximum Gasteiger partial charge on any atom is 0.176 e. The van der Waals surface area contributed by atoms with E-state index < -0.39 is 0 Å². The topological polar surface area (TPSA) is 39.9 Å². The van der Waals surface area contributed by atoms with Crippen LogP contribution in [0, 0.1) is 0 Å². The molecule has 5 heteroatoms. The normalized spacial score (nSPS) is 12.0. The molecule has 0 spiro atoms. The Morgan fingerprint density at radius 3 is 2.54 bits per heavy atom. The molecule has 130 valence electrons. The van der Waals surface area contributed by atoms with Gasteiger partial charge in [0.05, 0.1) is 12.0 Å². The number of benzene rings is 2. The maximum atomic E-state index is 6.08. The standard InChI is InChI=1S/C21H19N3OS/c1-2-20(24-13-12-22-15-24)25-18-10-8-16(9-11-18)19-14-26-21(23-19)17-6-4-3-5-7-17/h3-15,20H,2H2,1H3. The molecule has 0 amide bonds. The Balaban J connectivity index is 1.50. The van der Waals surface area contributed by atoms with Crippen LogP contribution in [0.4, 0.5) is 0 Å². The van der Waals surface area contributed by atoms with Crippen LogP contribution in [-0.2, 0) is 0 Å². The van der Waals surface area contributed by atoms with Crippen molar-refractivity contribution in [1.29, 1.82) is 0 Å². The average molecular weight is 361 g/mol. The molecule has 0 N–H and O–H groups in total. The molecule has 4 aromatic rings. The third-order valence-electron chi connectivity index (χ3n) is 4.15. The van der Waals surface area contributed by atoms with Gasteiger partial charge in [-0.05, 0) is 24.3 Å². The van der Waals surface area contributed by atoms with Gasteiger partial charge >= 0.3 is 0 Å². The number of imidazole rings is 1. The van der Waals surface area contributed by atoms with Crippen molar-refractivity contribution in [2.24, 2.45) is 0 Å². The first kappa shape index (κ1) is 16.5. The van der Waals surface area contributed by atoms with Crippen LogP contribution < -0.4 is 4.74 Å². The molecule has 2 aromatic carbocycles. The number of hydrogen-bond donors (Lipinski definition) is 0. The van der Waals surface area contributed by atoms with Gasteiger partial charge in [0.2, 0.25) is 0 Å². The largest absolute Gasteiger partial charge is 0.470 e. The van der Waals surface area contributed by atoms with Gasteiger partial charge in [0.15, 0.2) is 6.23 Å². The molecule has 0 aliphatic rings. The first-order valence-corrected chi connectivity index (χ1v) is 9.47. The van der Waals surface area contributed by atoms with E-state index in [1.54, 1.807) is 23.9 Å². The molecule has 1 unspecified atom stereocenters. The lowest BCUT2D eigenvalue weighted by molar-refractivity contribution is 0.127. The highest BCUT2D eigenvalue weighted by Gasteiger charge is 2.10. The minimum absolute atomic E-state index is 0.0488. The highest BCUT2D eigenvalue weighted by atomic mass is 32.1. The second kappa shape index (κ2) is 7.54. The van der Waals surface area contributed by atoms with E-state index in [9.17, 15) is 0 Å². The summed E-state index contributed by atoms with van der Waals surface area (Å²) in [6.07, 6.45) is 6.28. The summed E-state index contributed by atoms with van der Waals surface area (Å²) >= 11 is 1.66.